The summed E-state index contributed by atoms with van der Waals surface area (Å²) < 4.78 is 15.8. The number of hydrogen-bond donors (Lipinski definition) is 1. The zero-order valence-corrected chi connectivity index (χ0v) is 14.5. The Bertz CT molecular complexity index is 1010. The number of furan rings is 2. The van der Waals surface area contributed by atoms with Gasteiger partial charge in [-0.15, -0.1) is 0 Å². The van der Waals surface area contributed by atoms with Gasteiger partial charge in [0.05, 0.1) is 12.5 Å². The minimum absolute atomic E-state index is 0.0762. The number of ether oxygens (including phenoxy) is 1. The monoisotopic (exact) mass is 381 g/mol. The number of carbonyl (C=O) groups excluding carboxylic acids is 2. The van der Waals surface area contributed by atoms with Gasteiger partial charge in [-0.1, -0.05) is 0 Å². The lowest BCUT2D eigenvalue weighted by molar-refractivity contribution is -0.136. The number of nitrogen functional groups attached to an aromatic ring is 1. The van der Waals surface area contributed by atoms with Gasteiger partial charge in [0.25, 0.3) is 5.91 Å². The molecule has 3 aromatic heterocycles. The molecule has 1 aliphatic heterocycles. The molecule has 2 N–H and O–H groups in total. The predicted octanol–water partition coefficient (Wildman–Crippen LogP) is 1.78. The van der Waals surface area contributed by atoms with Gasteiger partial charge in [-0.05, 0) is 24.3 Å². The van der Waals surface area contributed by atoms with Crippen LogP contribution in [0.3, 0.4) is 0 Å². The van der Waals surface area contributed by atoms with Gasteiger partial charge in [0.1, 0.15) is 23.3 Å². The quantitative estimate of drug-likeness (QED) is 0.660. The number of amides is 1. The van der Waals surface area contributed by atoms with E-state index in [0.29, 0.717) is 23.7 Å². The van der Waals surface area contributed by atoms with E-state index in [2.05, 4.69) is 15.1 Å². The summed E-state index contributed by atoms with van der Waals surface area (Å²) in [6.45, 7) is -0.541. The van der Waals surface area contributed by atoms with Gasteiger partial charge < -0.3 is 19.3 Å². The van der Waals surface area contributed by atoms with Crippen molar-refractivity contribution in [3.8, 4) is 0 Å². The molecule has 142 valence electrons. The number of aromatic nitrogens is 2. The Hall–Kier alpha value is -3.95. The Morgan fingerprint density at radius 2 is 1.96 bits per heavy atom. The standard InChI is InChI=1S/C18H15N5O5/c19-17-16(20-5-6-21-17)18(25)28-10-15(24)23-12(14-4-2-8-27-14)9-11(22-23)13-3-1-7-26-13/h1-8,12H,9-10H2,(H2,19,21). The summed E-state index contributed by atoms with van der Waals surface area (Å²) in [6.07, 6.45) is 6.09. The molecule has 10 nitrogen and oxygen atoms in total. The molecule has 0 spiro atoms. The van der Waals surface area contributed by atoms with Gasteiger partial charge in [0, 0.05) is 18.8 Å². The van der Waals surface area contributed by atoms with Crippen LogP contribution in [-0.2, 0) is 9.53 Å². The zero-order valence-electron chi connectivity index (χ0n) is 14.5. The summed E-state index contributed by atoms with van der Waals surface area (Å²) in [7, 11) is 0. The Labute approximate surface area is 158 Å². The molecule has 4 heterocycles. The van der Waals surface area contributed by atoms with E-state index in [9.17, 15) is 9.59 Å². The van der Waals surface area contributed by atoms with Crippen LogP contribution in [-0.4, -0.2) is 39.2 Å². The Kier molecular flexibility index (Phi) is 4.58. The fraction of sp³-hybridized carbons (Fsp3) is 0.167. The van der Waals surface area contributed by atoms with Crippen LogP contribution in [0.25, 0.3) is 0 Å². The molecule has 0 aliphatic carbocycles. The number of anilines is 1. The van der Waals surface area contributed by atoms with Gasteiger partial charge in [0.2, 0.25) is 0 Å². The zero-order chi connectivity index (χ0) is 19.5. The van der Waals surface area contributed by atoms with Crippen molar-refractivity contribution in [1.29, 1.82) is 0 Å². The molecule has 0 fully saturated rings. The second kappa shape index (κ2) is 7.35. The lowest BCUT2D eigenvalue weighted by Gasteiger charge is -2.19. The lowest BCUT2D eigenvalue weighted by Crippen LogP contribution is -2.31. The van der Waals surface area contributed by atoms with E-state index in [1.807, 2.05) is 0 Å². The largest absolute Gasteiger partial charge is 0.467 e. The molecule has 1 amide bonds. The first-order chi connectivity index (χ1) is 13.6. The van der Waals surface area contributed by atoms with Crippen molar-refractivity contribution in [3.63, 3.8) is 0 Å². The summed E-state index contributed by atoms with van der Waals surface area (Å²) in [5.41, 5.74) is 6.03. The summed E-state index contributed by atoms with van der Waals surface area (Å²) in [5, 5.41) is 5.57. The third-order valence-electron chi connectivity index (χ3n) is 4.09. The van der Waals surface area contributed by atoms with E-state index in [0.717, 1.165) is 0 Å². The van der Waals surface area contributed by atoms with Crippen LogP contribution in [0, 0.1) is 0 Å². The molecule has 1 unspecified atom stereocenters. The molecule has 0 aromatic carbocycles. The minimum atomic E-state index is -0.845. The van der Waals surface area contributed by atoms with E-state index in [1.54, 1.807) is 24.3 Å². The highest BCUT2D eigenvalue weighted by molar-refractivity contribution is 6.01. The van der Waals surface area contributed by atoms with Crippen LogP contribution in [0.4, 0.5) is 5.82 Å². The van der Waals surface area contributed by atoms with Gasteiger partial charge in [0.15, 0.2) is 18.1 Å². The molecule has 28 heavy (non-hydrogen) atoms. The van der Waals surface area contributed by atoms with E-state index < -0.39 is 24.5 Å². The van der Waals surface area contributed by atoms with Gasteiger partial charge in [-0.3, -0.25) is 4.79 Å². The number of esters is 1. The van der Waals surface area contributed by atoms with Crippen LogP contribution < -0.4 is 5.73 Å². The SMILES string of the molecule is Nc1nccnc1C(=O)OCC(=O)N1N=C(c2ccco2)CC1c1ccco1. The van der Waals surface area contributed by atoms with Crippen molar-refractivity contribution in [2.24, 2.45) is 5.10 Å². The van der Waals surface area contributed by atoms with Gasteiger partial charge in [-0.2, -0.15) is 5.10 Å². The van der Waals surface area contributed by atoms with E-state index in [4.69, 9.17) is 19.3 Å². The first-order valence-corrected chi connectivity index (χ1v) is 8.34. The first-order valence-electron chi connectivity index (χ1n) is 8.34. The van der Waals surface area contributed by atoms with Crippen LogP contribution in [0.5, 0.6) is 0 Å². The van der Waals surface area contributed by atoms with Crippen LogP contribution in [0.15, 0.2) is 63.1 Å². The summed E-state index contributed by atoms with van der Waals surface area (Å²) in [5.74, 6) is -0.339. The molecule has 3 aromatic rings. The number of rotatable bonds is 5. The van der Waals surface area contributed by atoms with E-state index in [1.165, 1.54) is 29.9 Å². The maximum Gasteiger partial charge on any atom is 0.361 e. The highest BCUT2D eigenvalue weighted by Gasteiger charge is 2.36. The fourth-order valence-electron chi connectivity index (χ4n) is 2.80. The normalized spacial score (nSPS) is 16.1. The van der Waals surface area contributed by atoms with E-state index in [-0.39, 0.29) is 11.5 Å². The summed E-state index contributed by atoms with van der Waals surface area (Å²) in [6, 6.07) is 6.49. The number of carbonyl (C=O) groups is 2. The second-order valence-electron chi connectivity index (χ2n) is 5.86. The van der Waals surface area contributed by atoms with Crippen molar-refractivity contribution in [1.82, 2.24) is 15.0 Å². The molecule has 1 aliphatic rings. The fourth-order valence-corrected chi connectivity index (χ4v) is 2.80. The molecule has 0 radical (unpaired) electrons. The minimum Gasteiger partial charge on any atom is -0.467 e. The van der Waals surface area contributed by atoms with Crippen molar-refractivity contribution < 1.29 is 23.2 Å². The summed E-state index contributed by atoms with van der Waals surface area (Å²) >= 11 is 0. The molecule has 0 saturated heterocycles. The Morgan fingerprint density at radius 3 is 2.68 bits per heavy atom. The highest BCUT2D eigenvalue weighted by atomic mass is 16.5. The number of hydrazone groups is 1. The number of hydrogen-bond acceptors (Lipinski definition) is 9. The predicted molar refractivity (Wildman–Crippen MR) is 94.9 cm³/mol. The Balaban J connectivity index is 1.50. The first kappa shape index (κ1) is 17.5. The van der Waals surface area contributed by atoms with Crippen molar-refractivity contribution in [2.75, 3.05) is 12.3 Å². The molecule has 4 rings (SSSR count). The number of nitrogens with two attached hydrogens (primary N) is 1. The lowest BCUT2D eigenvalue weighted by atomic mass is 10.1. The smallest absolute Gasteiger partial charge is 0.361 e. The van der Waals surface area contributed by atoms with Crippen molar-refractivity contribution >= 4 is 23.4 Å². The van der Waals surface area contributed by atoms with Crippen LogP contribution in [0.1, 0.15) is 34.5 Å². The van der Waals surface area contributed by atoms with Crippen molar-refractivity contribution in [2.45, 2.75) is 12.5 Å². The second-order valence-corrected chi connectivity index (χ2v) is 5.86. The average Bonchev–Trinajstić information content (AvgIpc) is 3.46. The van der Waals surface area contributed by atoms with Crippen LogP contribution >= 0.6 is 0 Å². The Morgan fingerprint density at radius 1 is 1.18 bits per heavy atom. The maximum absolute atomic E-state index is 12.7. The third kappa shape index (κ3) is 3.34. The summed E-state index contributed by atoms with van der Waals surface area (Å²) in [4.78, 5) is 32.4. The third-order valence-corrected chi connectivity index (χ3v) is 4.09. The molecule has 0 bridgehead atoms. The van der Waals surface area contributed by atoms with Crippen molar-refractivity contribution in [3.05, 3.63) is 66.4 Å². The number of nitrogens with zero attached hydrogens (tertiary/aromatic N) is 4. The topological polar surface area (TPSA) is 137 Å². The highest BCUT2D eigenvalue weighted by Crippen LogP contribution is 2.33. The molecule has 1 atom stereocenters. The molecular formula is C18H15N5O5. The van der Waals surface area contributed by atoms with Crippen LogP contribution in [0.2, 0.25) is 0 Å². The molecule has 10 heteroatoms. The molecular weight excluding hydrogens is 366 g/mol. The average molecular weight is 381 g/mol. The molecule has 0 saturated carbocycles. The maximum atomic E-state index is 12.7. The van der Waals surface area contributed by atoms with Gasteiger partial charge in [-0.25, -0.2) is 19.8 Å². The van der Waals surface area contributed by atoms with Gasteiger partial charge >= 0.3 is 5.97 Å². The van der Waals surface area contributed by atoms with E-state index >= 15 is 0 Å².